The van der Waals surface area contributed by atoms with E-state index in [4.69, 9.17) is 0 Å². The zero-order valence-corrected chi connectivity index (χ0v) is 7.93. The van der Waals surface area contributed by atoms with Gasteiger partial charge in [-0.25, -0.2) is 0 Å². The summed E-state index contributed by atoms with van der Waals surface area (Å²) in [5.41, 5.74) is 0. The molecule has 0 aromatic heterocycles. The van der Waals surface area contributed by atoms with Crippen molar-refractivity contribution >= 4 is 40.5 Å². The molecule has 0 aliphatic heterocycles. The van der Waals surface area contributed by atoms with Crippen LogP contribution in [0, 0.1) is 0 Å². The number of hydrogen-bond acceptors (Lipinski definition) is 0. The van der Waals surface area contributed by atoms with Gasteiger partial charge in [0.05, 0.1) is 0 Å². The minimum atomic E-state index is 0. The molecule has 6 heteroatoms. The molecule has 44 valence electrons. The van der Waals surface area contributed by atoms with Gasteiger partial charge in [0.2, 0.25) is 0 Å². The van der Waals surface area contributed by atoms with Crippen LogP contribution in [-0.2, 0) is 91.7 Å². The van der Waals surface area contributed by atoms with E-state index in [0.29, 0.717) is 0 Å². The summed E-state index contributed by atoms with van der Waals surface area (Å²) in [5, 5.41) is 0. The van der Waals surface area contributed by atoms with Gasteiger partial charge in [0.1, 0.15) is 0 Å². The van der Waals surface area contributed by atoms with E-state index in [1.165, 1.54) is 0 Å². The van der Waals surface area contributed by atoms with Gasteiger partial charge < -0.3 is 40.5 Å². The molecule has 0 amide bonds. The largest absolute Gasteiger partial charge is 2.00 e. The van der Waals surface area contributed by atoms with E-state index < -0.39 is 0 Å². The van der Waals surface area contributed by atoms with Crippen molar-refractivity contribution in [2.75, 3.05) is 0 Å². The van der Waals surface area contributed by atoms with Crippen LogP contribution < -0.4 is 0 Å². The van der Waals surface area contributed by atoms with Gasteiger partial charge in [0.25, 0.3) is 0 Å². The maximum atomic E-state index is 0. The Hall–Kier alpha value is 2.61. The van der Waals surface area contributed by atoms with E-state index in [0.717, 1.165) is 0 Å². The summed E-state index contributed by atoms with van der Waals surface area (Å²) in [6.45, 7) is 0. The maximum Gasteiger partial charge on any atom is 2.00 e. The molecule has 0 aromatic carbocycles. The Labute approximate surface area is 90.7 Å². The summed E-state index contributed by atoms with van der Waals surface area (Å²) in [7, 11) is 0. The molecule has 0 aliphatic carbocycles. The predicted molar refractivity (Wildman–Crippen MR) is 22.1 cm³/mol. The van der Waals surface area contributed by atoms with Crippen LogP contribution in [0.2, 0.25) is 0 Å². The molecule has 0 saturated heterocycles. The second-order valence-electron chi connectivity index (χ2n) is 0. The summed E-state index contributed by atoms with van der Waals surface area (Å²) in [6, 6.07) is 0. The van der Waals surface area contributed by atoms with E-state index in [9.17, 15) is 0 Å². The molecule has 6 heavy (non-hydrogen) atoms. The quantitative estimate of drug-likeness (QED) is 0.543. The molecule has 0 N–H and O–H groups in total. The van der Waals surface area contributed by atoms with Gasteiger partial charge in [0.15, 0.2) is 0 Å². The molecule has 0 aliphatic rings. The average molecular weight is 271 g/mol. The standard InChI is InChI=1S/Cu.Fe.Mn.3S/q3*+2;3*-2. The van der Waals surface area contributed by atoms with E-state index in [1.807, 2.05) is 0 Å². The molecule has 0 fully saturated rings. The van der Waals surface area contributed by atoms with Crippen LogP contribution >= 0.6 is 0 Å². The van der Waals surface area contributed by atoms with Gasteiger partial charge in [-0.2, -0.15) is 0 Å². The SMILES string of the molecule is [Cu+2].[Fe+2].[Mn+2].[S-2].[S-2].[S-2]. The van der Waals surface area contributed by atoms with Crippen LogP contribution in [0.25, 0.3) is 0 Å². The Morgan fingerprint density at radius 2 is 0.667 bits per heavy atom. The Balaban J connectivity index is 0. The third-order valence-electron chi connectivity index (χ3n) is 0. The number of hydrogen-bond donors (Lipinski definition) is 0. The van der Waals surface area contributed by atoms with Crippen LogP contribution in [0.3, 0.4) is 0 Å². The molecule has 0 spiro atoms. The van der Waals surface area contributed by atoms with Crippen molar-refractivity contribution in [3.8, 4) is 0 Å². The van der Waals surface area contributed by atoms with Crippen molar-refractivity contribution in [3.63, 3.8) is 0 Å². The monoisotopic (exact) mass is 270 g/mol. The van der Waals surface area contributed by atoms with E-state index in [2.05, 4.69) is 0 Å². The van der Waals surface area contributed by atoms with Crippen molar-refractivity contribution in [1.29, 1.82) is 0 Å². The molecule has 0 unspecified atom stereocenters. The fourth-order valence-electron chi connectivity index (χ4n) is 0. The van der Waals surface area contributed by atoms with Crippen LogP contribution in [0.5, 0.6) is 0 Å². The Morgan fingerprint density at radius 3 is 0.667 bits per heavy atom. The Kier molecular flexibility index (Phi) is 596. The second-order valence-corrected chi connectivity index (χ2v) is 0. The van der Waals surface area contributed by atoms with Gasteiger partial charge in [-0.15, -0.1) is 0 Å². The summed E-state index contributed by atoms with van der Waals surface area (Å²) in [4.78, 5) is 0. The minimum absolute atomic E-state index is 0. The third-order valence-corrected chi connectivity index (χ3v) is 0. The molecule has 0 rings (SSSR count). The zero-order chi connectivity index (χ0) is 0. The summed E-state index contributed by atoms with van der Waals surface area (Å²) in [5.74, 6) is 0. The molecular weight excluding hydrogens is 271 g/mol. The molecule has 2 radical (unpaired) electrons. The van der Waals surface area contributed by atoms with E-state index in [1.54, 1.807) is 0 Å². The molecule has 0 atom stereocenters. The van der Waals surface area contributed by atoms with Gasteiger partial charge in [-0.3, -0.25) is 0 Å². The van der Waals surface area contributed by atoms with Crippen LogP contribution in [0.1, 0.15) is 0 Å². The molecule has 0 aromatic rings. The topological polar surface area (TPSA) is 0 Å². The molecule has 0 bridgehead atoms. The van der Waals surface area contributed by atoms with Crippen molar-refractivity contribution in [3.05, 3.63) is 0 Å². The first-order valence-electron chi connectivity index (χ1n) is 0. The average Bonchev–Trinajstić information content (AvgIpc) is 0. The summed E-state index contributed by atoms with van der Waals surface area (Å²) < 4.78 is 0. The summed E-state index contributed by atoms with van der Waals surface area (Å²) >= 11 is 0. The molecular formula is CuFeMnS3. The van der Waals surface area contributed by atoms with Gasteiger partial charge in [-0.05, 0) is 0 Å². The minimum Gasteiger partial charge on any atom is -2.00 e. The van der Waals surface area contributed by atoms with Gasteiger partial charge in [0, 0.05) is 0 Å². The molecule has 0 nitrogen and oxygen atoms in total. The Bertz CT molecular complexity index is 10.8. The van der Waals surface area contributed by atoms with Crippen LogP contribution in [0.15, 0.2) is 0 Å². The first-order chi connectivity index (χ1) is 0. The van der Waals surface area contributed by atoms with Crippen molar-refractivity contribution in [2.45, 2.75) is 0 Å². The fourth-order valence-corrected chi connectivity index (χ4v) is 0. The van der Waals surface area contributed by atoms with Gasteiger partial charge in [-0.1, -0.05) is 0 Å². The first-order valence-corrected chi connectivity index (χ1v) is 0. The van der Waals surface area contributed by atoms with E-state index in [-0.39, 0.29) is 91.7 Å². The van der Waals surface area contributed by atoms with Crippen LogP contribution in [-0.4, -0.2) is 0 Å². The van der Waals surface area contributed by atoms with E-state index >= 15 is 0 Å². The first kappa shape index (κ1) is 73.2. The fraction of sp³-hybridized carbons (Fsp3) is 0. The molecule has 0 heterocycles. The summed E-state index contributed by atoms with van der Waals surface area (Å²) in [6.07, 6.45) is 0. The zero-order valence-electron chi connectivity index (χ0n) is 2.26. The smallest absolute Gasteiger partial charge is 2.00 e. The molecule has 0 saturated carbocycles. The maximum absolute atomic E-state index is 0. The van der Waals surface area contributed by atoms with Gasteiger partial charge >= 0.3 is 51.2 Å². The van der Waals surface area contributed by atoms with Crippen molar-refractivity contribution in [1.82, 2.24) is 0 Å². The van der Waals surface area contributed by atoms with Crippen LogP contribution in [0.4, 0.5) is 0 Å². The normalized spacial score (nSPS) is 0. The van der Waals surface area contributed by atoms with Crippen molar-refractivity contribution < 1.29 is 51.2 Å². The third kappa shape index (κ3) is 30.6. The predicted octanol–water partition coefficient (Wildman–Crippen LogP) is -0.0147. The van der Waals surface area contributed by atoms with Crippen molar-refractivity contribution in [2.24, 2.45) is 0 Å². The Morgan fingerprint density at radius 1 is 0.667 bits per heavy atom. The number of rotatable bonds is 0. The second kappa shape index (κ2) is 48.8.